The summed E-state index contributed by atoms with van der Waals surface area (Å²) < 4.78 is 4.36. The van der Waals surface area contributed by atoms with Crippen LogP contribution in [0, 0.1) is 5.92 Å². The van der Waals surface area contributed by atoms with Gasteiger partial charge in [0.05, 0.1) is 6.61 Å². The van der Waals surface area contributed by atoms with Crippen molar-refractivity contribution in [3.05, 3.63) is 0 Å². The van der Waals surface area contributed by atoms with Gasteiger partial charge in [-0.2, -0.15) is 0 Å². The van der Waals surface area contributed by atoms with E-state index < -0.39 is 6.16 Å². The predicted molar refractivity (Wildman–Crippen MR) is 31.3 cm³/mol. The molecule has 1 aliphatic rings. The van der Waals surface area contributed by atoms with Gasteiger partial charge in [-0.15, -0.1) is 0 Å². The van der Waals surface area contributed by atoms with Gasteiger partial charge in [0.1, 0.15) is 0 Å². The highest BCUT2D eigenvalue weighted by atomic mass is 16.7. The topological polar surface area (TPSA) is 46.5 Å². The Kier molecular flexibility index (Phi) is 1.92. The lowest BCUT2D eigenvalue weighted by atomic mass is 9.86. The number of hydrogen-bond donors (Lipinski definition) is 1. The zero-order valence-corrected chi connectivity index (χ0v) is 5.17. The van der Waals surface area contributed by atoms with E-state index in [2.05, 4.69) is 4.74 Å². The minimum absolute atomic E-state index is 0.398. The van der Waals surface area contributed by atoms with E-state index in [9.17, 15) is 4.79 Å². The molecule has 1 aliphatic carbocycles. The minimum atomic E-state index is -1.15. The van der Waals surface area contributed by atoms with E-state index >= 15 is 0 Å². The van der Waals surface area contributed by atoms with Crippen LogP contribution in [0.4, 0.5) is 4.79 Å². The SMILES string of the molecule is O=C(O)OCC1CCC1. The lowest BCUT2D eigenvalue weighted by molar-refractivity contribution is 0.0621. The van der Waals surface area contributed by atoms with Gasteiger partial charge in [-0.05, 0) is 18.8 Å². The average Bonchev–Trinajstić information content (AvgIpc) is 1.60. The molecule has 0 bridgehead atoms. The fourth-order valence-corrected chi connectivity index (χ4v) is 0.849. The van der Waals surface area contributed by atoms with Crippen molar-refractivity contribution in [3.63, 3.8) is 0 Å². The first-order valence-electron chi connectivity index (χ1n) is 3.15. The van der Waals surface area contributed by atoms with Crippen LogP contribution < -0.4 is 0 Å². The normalized spacial score (nSPS) is 18.7. The Morgan fingerprint density at radius 2 is 2.33 bits per heavy atom. The average molecular weight is 130 g/mol. The number of carbonyl (C=O) groups is 1. The van der Waals surface area contributed by atoms with Gasteiger partial charge in [-0.1, -0.05) is 6.42 Å². The molecular formula is C6H10O3. The molecule has 0 atom stereocenters. The maximum atomic E-state index is 9.82. The molecule has 0 spiro atoms. The van der Waals surface area contributed by atoms with E-state index in [1.807, 2.05) is 0 Å². The molecule has 0 heterocycles. The summed E-state index contributed by atoms with van der Waals surface area (Å²) in [4.78, 5) is 9.82. The van der Waals surface area contributed by atoms with Crippen LogP contribution >= 0.6 is 0 Å². The van der Waals surface area contributed by atoms with Gasteiger partial charge in [0, 0.05) is 0 Å². The van der Waals surface area contributed by atoms with Crippen molar-refractivity contribution in [1.29, 1.82) is 0 Å². The van der Waals surface area contributed by atoms with Crippen molar-refractivity contribution >= 4 is 6.16 Å². The molecule has 9 heavy (non-hydrogen) atoms. The van der Waals surface area contributed by atoms with Crippen LogP contribution in [0.25, 0.3) is 0 Å². The van der Waals surface area contributed by atoms with Crippen molar-refractivity contribution < 1.29 is 14.6 Å². The van der Waals surface area contributed by atoms with Crippen molar-refractivity contribution in [2.24, 2.45) is 5.92 Å². The molecule has 0 aromatic rings. The number of rotatable bonds is 2. The second kappa shape index (κ2) is 2.71. The molecular weight excluding hydrogens is 120 g/mol. The second-order valence-corrected chi connectivity index (χ2v) is 2.37. The molecule has 52 valence electrons. The molecule has 0 unspecified atom stereocenters. The maximum Gasteiger partial charge on any atom is 0.505 e. The monoisotopic (exact) mass is 130 g/mol. The zero-order valence-electron chi connectivity index (χ0n) is 5.17. The third-order valence-corrected chi connectivity index (χ3v) is 1.67. The number of ether oxygens (including phenoxy) is 1. The summed E-state index contributed by atoms with van der Waals surface area (Å²) in [5.74, 6) is 0.515. The Labute approximate surface area is 53.6 Å². The molecule has 1 rings (SSSR count). The molecule has 1 fully saturated rings. The quantitative estimate of drug-likeness (QED) is 0.576. The Bertz CT molecular complexity index is 107. The summed E-state index contributed by atoms with van der Waals surface area (Å²) in [6.45, 7) is 0.398. The Hall–Kier alpha value is -0.730. The van der Waals surface area contributed by atoms with Crippen molar-refractivity contribution in [1.82, 2.24) is 0 Å². The first-order chi connectivity index (χ1) is 4.29. The van der Waals surface area contributed by atoms with Crippen molar-refractivity contribution in [2.45, 2.75) is 19.3 Å². The van der Waals surface area contributed by atoms with Gasteiger partial charge >= 0.3 is 6.16 Å². The van der Waals surface area contributed by atoms with Gasteiger partial charge in [0.2, 0.25) is 0 Å². The highest BCUT2D eigenvalue weighted by Gasteiger charge is 2.18. The summed E-state index contributed by atoms with van der Waals surface area (Å²) in [5.41, 5.74) is 0. The standard InChI is InChI=1S/C6H10O3/c7-6(8)9-4-5-2-1-3-5/h5H,1-4H2,(H,7,8). The highest BCUT2D eigenvalue weighted by molar-refractivity contribution is 5.56. The van der Waals surface area contributed by atoms with Crippen LogP contribution in [-0.2, 0) is 4.74 Å². The number of carboxylic acid groups (broad SMARTS) is 1. The fourth-order valence-electron chi connectivity index (χ4n) is 0.849. The molecule has 1 saturated carbocycles. The van der Waals surface area contributed by atoms with E-state index in [1.165, 1.54) is 6.42 Å². The Balaban J connectivity index is 1.97. The Morgan fingerprint density at radius 1 is 1.67 bits per heavy atom. The van der Waals surface area contributed by atoms with E-state index in [1.54, 1.807) is 0 Å². The van der Waals surface area contributed by atoms with Crippen molar-refractivity contribution in [3.8, 4) is 0 Å². The van der Waals surface area contributed by atoms with Gasteiger partial charge in [-0.3, -0.25) is 0 Å². The second-order valence-electron chi connectivity index (χ2n) is 2.37. The molecule has 3 nitrogen and oxygen atoms in total. The maximum absolute atomic E-state index is 9.82. The summed E-state index contributed by atoms with van der Waals surface area (Å²) >= 11 is 0. The van der Waals surface area contributed by atoms with Gasteiger partial charge in [0.15, 0.2) is 0 Å². The van der Waals surface area contributed by atoms with Crippen LogP contribution in [0.1, 0.15) is 19.3 Å². The van der Waals surface area contributed by atoms with Crippen LogP contribution in [0.15, 0.2) is 0 Å². The van der Waals surface area contributed by atoms with Crippen LogP contribution in [0.5, 0.6) is 0 Å². The van der Waals surface area contributed by atoms with E-state index in [0.29, 0.717) is 12.5 Å². The Morgan fingerprint density at radius 3 is 2.67 bits per heavy atom. The summed E-state index contributed by atoms with van der Waals surface area (Å²) in [6, 6.07) is 0. The molecule has 3 heteroatoms. The largest absolute Gasteiger partial charge is 0.505 e. The van der Waals surface area contributed by atoms with Gasteiger partial charge in [-0.25, -0.2) is 4.79 Å². The molecule has 0 amide bonds. The van der Waals surface area contributed by atoms with Crippen LogP contribution in [0.3, 0.4) is 0 Å². The molecule has 0 aromatic heterocycles. The fraction of sp³-hybridized carbons (Fsp3) is 0.833. The van der Waals surface area contributed by atoms with E-state index in [-0.39, 0.29) is 0 Å². The van der Waals surface area contributed by atoms with Crippen molar-refractivity contribution in [2.75, 3.05) is 6.61 Å². The smallest absolute Gasteiger partial charge is 0.450 e. The molecule has 0 radical (unpaired) electrons. The van der Waals surface area contributed by atoms with Gasteiger partial charge < -0.3 is 9.84 Å². The van der Waals surface area contributed by atoms with E-state index in [0.717, 1.165) is 12.8 Å². The third kappa shape index (κ3) is 1.91. The summed E-state index contributed by atoms with van der Waals surface area (Å²) in [7, 11) is 0. The zero-order chi connectivity index (χ0) is 6.69. The summed E-state index contributed by atoms with van der Waals surface area (Å²) in [5, 5.41) is 8.06. The predicted octanol–water partition coefficient (Wildman–Crippen LogP) is 1.48. The number of hydrogen-bond acceptors (Lipinski definition) is 2. The third-order valence-electron chi connectivity index (χ3n) is 1.67. The molecule has 0 aliphatic heterocycles. The lowest BCUT2D eigenvalue weighted by Gasteiger charge is -2.23. The molecule has 0 saturated heterocycles. The van der Waals surface area contributed by atoms with Gasteiger partial charge in [0.25, 0.3) is 0 Å². The van der Waals surface area contributed by atoms with Crippen LogP contribution in [-0.4, -0.2) is 17.9 Å². The summed E-state index contributed by atoms with van der Waals surface area (Å²) in [6.07, 6.45) is 2.34. The first kappa shape index (κ1) is 6.39. The highest BCUT2D eigenvalue weighted by Crippen LogP contribution is 2.26. The lowest BCUT2D eigenvalue weighted by Crippen LogP contribution is -2.19. The molecule has 1 N–H and O–H groups in total. The molecule has 0 aromatic carbocycles. The minimum Gasteiger partial charge on any atom is -0.450 e. The van der Waals surface area contributed by atoms with Crippen LogP contribution in [0.2, 0.25) is 0 Å². The van der Waals surface area contributed by atoms with E-state index in [4.69, 9.17) is 5.11 Å². The first-order valence-corrected chi connectivity index (χ1v) is 3.15.